The van der Waals surface area contributed by atoms with E-state index < -0.39 is 17.4 Å². The maximum atomic E-state index is 13.7. The van der Waals surface area contributed by atoms with Gasteiger partial charge in [-0.25, -0.2) is 4.98 Å². The number of anilines is 1. The highest BCUT2D eigenvalue weighted by Crippen LogP contribution is 2.33. The number of methoxy groups -OCH3 is 1. The van der Waals surface area contributed by atoms with Gasteiger partial charge in [0, 0.05) is 17.5 Å². The minimum absolute atomic E-state index is 0.112. The van der Waals surface area contributed by atoms with Gasteiger partial charge in [-0.15, -0.1) is 0 Å². The van der Waals surface area contributed by atoms with Gasteiger partial charge < -0.3 is 15.2 Å². The van der Waals surface area contributed by atoms with Crippen LogP contribution in [0.5, 0.6) is 11.5 Å². The number of pyridine rings is 1. The Bertz CT molecular complexity index is 1630. The number of ether oxygens (including phenoxy) is 1. The predicted molar refractivity (Wildman–Crippen MR) is 147 cm³/mol. The van der Waals surface area contributed by atoms with Crippen LogP contribution >= 0.6 is 22.9 Å². The number of rotatable bonds is 8. The first kappa shape index (κ1) is 24.5. The number of ketones is 1. The van der Waals surface area contributed by atoms with Crippen molar-refractivity contribution in [3.63, 3.8) is 0 Å². The summed E-state index contributed by atoms with van der Waals surface area (Å²) in [7, 11) is 1.58. The molecule has 3 aromatic carbocycles. The molecule has 0 saturated carbocycles. The molecular formula is C28H22ClN3O4S. The highest BCUT2D eigenvalue weighted by atomic mass is 35.5. The lowest BCUT2D eigenvalue weighted by atomic mass is 9.96. The first-order valence-corrected chi connectivity index (χ1v) is 12.6. The zero-order valence-electron chi connectivity index (χ0n) is 19.7. The van der Waals surface area contributed by atoms with Crippen molar-refractivity contribution >= 4 is 44.8 Å². The third-order valence-electron chi connectivity index (χ3n) is 6.03. The van der Waals surface area contributed by atoms with E-state index in [0.717, 1.165) is 5.56 Å². The fourth-order valence-electron chi connectivity index (χ4n) is 4.26. The maximum absolute atomic E-state index is 13.7. The number of Topliss-reactive ketones (excluding diaryl/α,β-unsaturated/α-hetero) is 1. The molecule has 0 aliphatic heterocycles. The lowest BCUT2D eigenvalue weighted by molar-refractivity contribution is 0.0972. The lowest BCUT2D eigenvalue weighted by Crippen LogP contribution is -2.27. The van der Waals surface area contributed by atoms with Gasteiger partial charge in [0.15, 0.2) is 10.9 Å². The SMILES string of the molecule is COc1ccc(C(CC(=O)c2c(O)c3ccccc3n(-c3ccccc3)c2=O)Nc2ncc(Cl)s2)cc1. The molecule has 0 amide bonds. The van der Waals surface area contributed by atoms with Gasteiger partial charge in [0.05, 0.1) is 24.9 Å². The fraction of sp³-hybridized carbons (Fsp3) is 0.107. The molecular weight excluding hydrogens is 510 g/mol. The summed E-state index contributed by atoms with van der Waals surface area (Å²) in [6.07, 6.45) is 1.41. The van der Waals surface area contributed by atoms with Crippen molar-refractivity contribution in [2.75, 3.05) is 12.4 Å². The lowest BCUT2D eigenvalue weighted by Gasteiger charge is -2.20. The van der Waals surface area contributed by atoms with Gasteiger partial charge in [-0.1, -0.05) is 65.4 Å². The van der Waals surface area contributed by atoms with Crippen molar-refractivity contribution in [1.29, 1.82) is 0 Å². The van der Waals surface area contributed by atoms with Crippen LogP contribution in [0.25, 0.3) is 16.6 Å². The molecule has 2 N–H and O–H groups in total. The quantitative estimate of drug-likeness (QED) is 0.230. The van der Waals surface area contributed by atoms with E-state index in [1.165, 1.54) is 22.1 Å². The largest absolute Gasteiger partial charge is 0.506 e. The summed E-state index contributed by atoms with van der Waals surface area (Å²) in [5.74, 6) is -0.165. The zero-order valence-corrected chi connectivity index (χ0v) is 21.3. The summed E-state index contributed by atoms with van der Waals surface area (Å²) in [6, 6.07) is 22.7. The molecule has 5 aromatic rings. The number of carbonyl (C=O) groups excluding carboxylic acids is 1. The van der Waals surface area contributed by atoms with E-state index in [1.54, 1.807) is 55.6 Å². The molecule has 2 heterocycles. The summed E-state index contributed by atoms with van der Waals surface area (Å²) in [5.41, 5.74) is 1.04. The van der Waals surface area contributed by atoms with Crippen LogP contribution in [0.3, 0.4) is 0 Å². The number of halogens is 1. The van der Waals surface area contributed by atoms with Crippen LogP contribution in [-0.2, 0) is 0 Å². The second-order valence-electron chi connectivity index (χ2n) is 8.28. The van der Waals surface area contributed by atoms with Crippen LogP contribution in [0, 0.1) is 0 Å². The van der Waals surface area contributed by atoms with Gasteiger partial charge in [0.25, 0.3) is 5.56 Å². The molecule has 9 heteroatoms. The van der Waals surface area contributed by atoms with Crippen LogP contribution in [0.2, 0.25) is 4.34 Å². The number of carbonyl (C=O) groups is 1. The summed E-state index contributed by atoms with van der Waals surface area (Å²) in [5, 5.41) is 15.3. The number of fused-ring (bicyclic) bond motifs is 1. The fourth-order valence-corrected chi connectivity index (χ4v) is 5.12. The van der Waals surface area contributed by atoms with Gasteiger partial charge in [-0.3, -0.25) is 14.2 Å². The number of nitrogens with zero attached hydrogens (tertiary/aromatic N) is 2. The maximum Gasteiger partial charge on any atom is 0.270 e. The van der Waals surface area contributed by atoms with Gasteiger partial charge in [-0.05, 0) is 42.0 Å². The number of aromatic nitrogens is 2. The highest BCUT2D eigenvalue weighted by Gasteiger charge is 2.26. The number of hydrogen-bond donors (Lipinski definition) is 2. The van der Waals surface area contributed by atoms with Gasteiger partial charge in [-0.2, -0.15) is 0 Å². The van der Waals surface area contributed by atoms with Crippen LogP contribution < -0.4 is 15.6 Å². The molecule has 0 bridgehead atoms. The first-order valence-electron chi connectivity index (χ1n) is 11.4. The Morgan fingerprint density at radius 1 is 1.08 bits per heavy atom. The monoisotopic (exact) mass is 531 g/mol. The second kappa shape index (κ2) is 10.5. The van der Waals surface area contributed by atoms with Crippen LogP contribution in [0.15, 0.2) is 89.9 Å². The standard InChI is InChI=1S/C28H22ClN3O4S/c1-36-19-13-11-17(12-14-19)21(31-28-30-16-24(29)37-28)15-23(33)25-26(34)20-9-5-6-10-22(20)32(27(25)35)18-7-3-2-4-8-18/h2-14,16,21,34H,15H2,1H3,(H,30,31). The van der Waals surface area contributed by atoms with E-state index in [1.807, 2.05) is 30.3 Å². The van der Waals surface area contributed by atoms with Crippen molar-refractivity contribution < 1.29 is 14.6 Å². The number of thiazole rings is 1. The van der Waals surface area contributed by atoms with Gasteiger partial charge >= 0.3 is 0 Å². The van der Waals surface area contributed by atoms with Crippen LogP contribution in [0.4, 0.5) is 5.13 Å². The molecule has 1 atom stereocenters. The topological polar surface area (TPSA) is 93.5 Å². The van der Waals surface area contributed by atoms with E-state index in [4.69, 9.17) is 16.3 Å². The number of aromatic hydroxyl groups is 1. The number of benzene rings is 3. The van der Waals surface area contributed by atoms with E-state index in [0.29, 0.717) is 31.8 Å². The predicted octanol–water partition coefficient (Wildman–Crippen LogP) is 6.24. The smallest absolute Gasteiger partial charge is 0.270 e. The summed E-state index contributed by atoms with van der Waals surface area (Å²) >= 11 is 7.30. The van der Waals surface area contributed by atoms with E-state index in [-0.39, 0.29) is 17.7 Å². The molecule has 5 rings (SSSR count). The average Bonchev–Trinajstić information content (AvgIpc) is 3.33. The Kier molecular flexibility index (Phi) is 6.94. The molecule has 0 fully saturated rings. The molecule has 0 saturated heterocycles. The van der Waals surface area contributed by atoms with E-state index in [9.17, 15) is 14.7 Å². The van der Waals surface area contributed by atoms with E-state index in [2.05, 4.69) is 10.3 Å². The number of nitrogens with one attached hydrogen (secondary N) is 1. The summed E-state index contributed by atoms with van der Waals surface area (Å²) in [6.45, 7) is 0. The Morgan fingerprint density at radius 3 is 2.46 bits per heavy atom. The normalized spacial score (nSPS) is 11.8. The molecule has 0 aliphatic carbocycles. The molecule has 0 radical (unpaired) electrons. The average molecular weight is 532 g/mol. The number of hydrogen-bond acceptors (Lipinski definition) is 7. The van der Waals surface area contributed by atoms with Crippen LogP contribution in [0.1, 0.15) is 28.4 Å². The van der Waals surface area contributed by atoms with Crippen molar-refractivity contribution in [3.8, 4) is 17.2 Å². The van der Waals surface area contributed by atoms with Crippen LogP contribution in [-0.4, -0.2) is 27.6 Å². The summed E-state index contributed by atoms with van der Waals surface area (Å²) < 4.78 is 7.21. The summed E-state index contributed by atoms with van der Waals surface area (Å²) in [4.78, 5) is 31.7. The highest BCUT2D eigenvalue weighted by molar-refractivity contribution is 7.19. The molecule has 0 spiro atoms. The van der Waals surface area contributed by atoms with Crippen molar-refractivity contribution in [2.24, 2.45) is 0 Å². The third-order valence-corrected chi connectivity index (χ3v) is 7.08. The van der Waals surface area contributed by atoms with Gasteiger partial charge in [0.1, 0.15) is 21.4 Å². The number of para-hydroxylation sites is 2. The molecule has 0 aliphatic rings. The Morgan fingerprint density at radius 2 is 1.78 bits per heavy atom. The molecule has 2 aromatic heterocycles. The third kappa shape index (κ3) is 4.94. The Balaban J connectivity index is 1.60. The minimum atomic E-state index is -0.585. The first-order chi connectivity index (χ1) is 18.0. The van der Waals surface area contributed by atoms with Gasteiger partial charge in [0.2, 0.25) is 0 Å². The molecule has 1 unspecified atom stereocenters. The Labute approximate surface area is 221 Å². The van der Waals surface area contributed by atoms with E-state index >= 15 is 0 Å². The second-order valence-corrected chi connectivity index (χ2v) is 9.95. The molecule has 37 heavy (non-hydrogen) atoms. The Hall–Kier alpha value is -4.14. The van der Waals surface area contributed by atoms with Crippen molar-refractivity contribution in [1.82, 2.24) is 9.55 Å². The van der Waals surface area contributed by atoms with Crippen molar-refractivity contribution in [2.45, 2.75) is 12.5 Å². The minimum Gasteiger partial charge on any atom is -0.506 e. The molecule has 7 nitrogen and oxygen atoms in total. The zero-order chi connectivity index (χ0) is 25.9. The van der Waals surface area contributed by atoms with Crippen molar-refractivity contribution in [3.05, 3.63) is 111 Å². The molecule has 186 valence electrons.